The Labute approximate surface area is 137 Å². The number of para-hydroxylation sites is 1. The molecule has 0 aliphatic carbocycles. The van der Waals surface area contributed by atoms with E-state index in [1.165, 1.54) is 0 Å². The predicted octanol–water partition coefficient (Wildman–Crippen LogP) is 4.71. The van der Waals surface area contributed by atoms with E-state index in [4.69, 9.17) is 11.6 Å². The van der Waals surface area contributed by atoms with Gasteiger partial charge in [0.1, 0.15) is 0 Å². The third kappa shape index (κ3) is 4.24. The molecule has 2 aromatic rings. The Kier molecular flexibility index (Phi) is 5.14. The number of anilines is 1. The average molecular weight is 338 g/mol. The standard InChI is InChI=1S/C17H20ClNO2S/c1-12(2)16-6-4-5-13(3)17(16)19-22(20,21)11-14-7-9-15(18)10-8-14/h4-10,12,19H,11H2,1-3H3. The number of sulfonamides is 1. The van der Waals surface area contributed by atoms with Gasteiger partial charge < -0.3 is 0 Å². The molecule has 22 heavy (non-hydrogen) atoms. The Balaban J connectivity index is 2.27. The Bertz CT molecular complexity index is 753. The van der Waals surface area contributed by atoms with Crippen LogP contribution in [0.1, 0.15) is 36.5 Å². The summed E-state index contributed by atoms with van der Waals surface area (Å²) in [6.07, 6.45) is 0. The maximum atomic E-state index is 12.4. The van der Waals surface area contributed by atoms with Gasteiger partial charge in [0.2, 0.25) is 10.0 Å². The van der Waals surface area contributed by atoms with Crippen molar-refractivity contribution in [2.75, 3.05) is 4.72 Å². The summed E-state index contributed by atoms with van der Waals surface area (Å²) < 4.78 is 27.6. The number of hydrogen-bond acceptors (Lipinski definition) is 2. The van der Waals surface area contributed by atoms with Gasteiger partial charge in [-0.2, -0.15) is 0 Å². The zero-order valence-electron chi connectivity index (χ0n) is 12.9. The lowest BCUT2D eigenvalue weighted by Gasteiger charge is -2.17. The van der Waals surface area contributed by atoms with Gasteiger partial charge >= 0.3 is 0 Å². The largest absolute Gasteiger partial charge is 0.283 e. The lowest BCUT2D eigenvalue weighted by molar-refractivity contribution is 0.600. The fourth-order valence-corrected chi connectivity index (χ4v) is 3.72. The van der Waals surface area contributed by atoms with Gasteiger partial charge in [0, 0.05) is 5.02 Å². The first-order valence-electron chi connectivity index (χ1n) is 7.13. The zero-order valence-corrected chi connectivity index (χ0v) is 14.5. The summed E-state index contributed by atoms with van der Waals surface area (Å²) in [7, 11) is -3.47. The average Bonchev–Trinajstić information content (AvgIpc) is 2.43. The van der Waals surface area contributed by atoms with Gasteiger partial charge in [0.25, 0.3) is 0 Å². The molecule has 118 valence electrons. The number of hydrogen-bond donors (Lipinski definition) is 1. The van der Waals surface area contributed by atoms with Crippen LogP contribution in [0.3, 0.4) is 0 Å². The zero-order chi connectivity index (χ0) is 16.3. The number of nitrogens with one attached hydrogen (secondary N) is 1. The quantitative estimate of drug-likeness (QED) is 0.858. The molecule has 0 amide bonds. The lowest BCUT2D eigenvalue weighted by atomic mass is 9.99. The summed E-state index contributed by atoms with van der Waals surface area (Å²) in [5.74, 6) is 0.170. The van der Waals surface area contributed by atoms with Crippen molar-refractivity contribution in [2.45, 2.75) is 32.4 Å². The molecule has 0 saturated heterocycles. The summed E-state index contributed by atoms with van der Waals surface area (Å²) in [6, 6.07) is 12.6. The molecule has 0 bridgehead atoms. The van der Waals surface area contributed by atoms with Crippen LogP contribution in [0.25, 0.3) is 0 Å². The minimum atomic E-state index is -3.47. The molecule has 0 atom stereocenters. The van der Waals surface area contributed by atoms with Gasteiger partial charge in [0.05, 0.1) is 11.4 Å². The Morgan fingerprint density at radius 2 is 1.73 bits per heavy atom. The van der Waals surface area contributed by atoms with E-state index in [1.807, 2.05) is 39.0 Å². The van der Waals surface area contributed by atoms with E-state index >= 15 is 0 Å². The van der Waals surface area contributed by atoms with Gasteiger partial charge in [-0.15, -0.1) is 0 Å². The second kappa shape index (κ2) is 6.71. The van der Waals surface area contributed by atoms with Crippen LogP contribution in [0, 0.1) is 6.92 Å². The van der Waals surface area contributed by atoms with Crippen molar-refractivity contribution in [3.63, 3.8) is 0 Å². The highest BCUT2D eigenvalue weighted by Crippen LogP contribution is 2.28. The highest BCUT2D eigenvalue weighted by Gasteiger charge is 2.17. The van der Waals surface area contributed by atoms with Crippen LogP contribution >= 0.6 is 11.6 Å². The molecule has 3 nitrogen and oxygen atoms in total. The molecule has 0 heterocycles. The van der Waals surface area contributed by atoms with E-state index in [9.17, 15) is 8.42 Å². The summed E-state index contributed by atoms with van der Waals surface area (Å²) in [6.45, 7) is 6.00. The first-order chi connectivity index (χ1) is 10.3. The number of halogens is 1. The van der Waals surface area contributed by atoms with E-state index < -0.39 is 10.0 Å². The molecule has 0 spiro atoms. The predicted molar refractivity (Wildman–Crippen MR) is 93.0 cm³/mol. The topological polar surface area (TPSA) is 46.2 Å². The van der Waals surface area contributed by atoms with Crippen molar-refractivity contribution in [1.82, 2.24) is 0 Å². The van der Waals surface area contributed by atoms with Gasteiger partial charge in [0.15, 0.2) is 0 Å². The molecule has 0 aliphatic heterocycles. The van der Waals surface area contributed by atoms with Gasteiger partial charge in [-0.3, -0.25) is 4.72 Å². The second-order valence-electron chi connectivity index (χ2n) is 5.68. The van der Waals surface area contributed by atoms with Crippen LogP contribution in [0.15, 0.2) is 42.5 Å². The van der Waals surface area contributed by atoms with Gasteiger partial charge in [-0.1, -0.05) is 55.8 Å². The van der Waals surface area contributed by atoms with Crippen molar-refractivity contribution in [3.8, 4) is 0 Å². The van der Waals surface area contributed by atoms with Crippen LogP contribution in [0.5, 0.6) is 0 Å². The van der Waals surface area contributed by atoms with Crippen LogP contribution in [0.4, 0.5) is 5.69 Å². The Morgan fingerprint density at radius 1 is 1.09 bits per heavy atom. The molecule has 0 saturated carbocycles. The maximum absolute atomic E-state index is 12.4. The van der Waals surface area contributed by atoms with Crippen molar-refractivity contribution in [2.24, 2.45) is 0 Å². The minimum absolute atomic E-state index is 0.0734. The van der Waals surface area contributed by atoms with Crippen LogP contribution in [-0.4, -0.2) is 8.42 Å². The number of rotatable bonds is 5. The van der Waals surface area contributed by atoms with E-state index in [-0.39, 0.29) is 11.7 Å². The first-order valence-corrected chi connectivity index (χ1v) is 9.16. The SMILES string of the molecule is Cc1cccc(C(C)C)c1NS(=O)(=O)Cc1ccc(Cl)cc1. The molecule has 2 rings (SSSR count). The van der Waals surface area contributed by atoms with E-state index in [1.54, 1.807) is 24.3 Å². The molecule has 5 heteroatoms. The molecule has 2 aromatic carbocycles. The first kappa shape index (κ1) is 16.8. The van der Waals surface area contributed by atoms with E-state index in [0.717, 1.165) is 11.1 Å². The summed E-state index contributed by atoms with van der Waals surface area (Å²) >= 11 is 5.82. The summed E-state index contributed by atoms with van der Waals surface area (Å²) in [4.78, 5) is 0. The molecule has 0 fully saturated rings. The van der Waals surface area contributed by atoms with Crippen molar-refractivity contribution < 1.29 is 8.42 Å². The summed E-state index contributed by atoms with van der Waals surface area (Å²) in [5, 5.41) is 0.593. The number of aryl methyl sites for hydroxylation is 1. The van der Waals surface area contributed by atoms with Gasteiger partial charge in [-0.05, 0) is 41.7 Å². The van der Waals surface area contributed by atoms with Crippen molar-refractivity contribution >= 4 is 27.3 Å². The molecule has 0 radical (unpaired) electrons. The van der Waals surface area contributed by atoms with Gasteiger partial charge in [-0.25, -0.2) is 8.42 Å². The minimum Gasteiger partial charge on any atom is -0.283 e. The molecule has 1 N–H and O–H groups in total. The fraction of sp³-hybridized carbons (Fsp3) is 0.294. The third-order valence-corrected chi connectivity index (χ3v) is 4.94. The summed E-state index contributed by atoms with van der Waals surface area (Å²) in [5.41, 5.74) is 3.31. The maximum Gasteiger partial charge on any atom is 0.236 e. The monoisotopic (exact) mass is 337 g/mol. The fourth-order valence-electron chi connectivity index (χ4n) is 2.30. The van der Waals surface area contributed by atoms with Crippen molar-refractivity contribution in [1.29, 1.82) is 0 Å². The Morgan fingerprint density at radius 3 is 2.32 bits per heavy atom. The van der Waals surface area contributed by atoms with Crippen LogP contribution < -0.4 is 4.72 Å². The number of benzene rings is 2. The smallest absolute Gasteiger partial charge is 0.236 e. The highest BCUT2D eigenvalue weighted by molar-refractivity contribution is 7.91. The van der Waals surface area contributed by atoms with Crippen molar-refractivity contribution in [3.05, 3.63) is 64.2 Å². The van der Waals surface area contributed by atoms with Crippen LogP contribution in [-0.2, 0) is 15.8 Å². The third-order valence-electron chi connectivity index (χ3n) is 3.45. The molecular formula is C17H20ClNO2S. The second-order valence-corrected chi connectivity index (χ2v) is 7.84. The van der Waals surface area contributed by atoms with E-state index in [2.05, 4.69) is 4.72 Å². The van der Waals surface area contributed by atoms with Crippen LogP contribution in [0.2, 0.25) is 5.02 Å². The lowest BCUT2D eigenvalue weighted by Crippen LogP contribution is -2.17. The Hall–Kier alpha value is -1.52. The van der Waals surface area contributed by atoms with E-state index in [0.29, 0.717) is 16.3 Å². The molecule has 0 aromatic heterocycles. The molecular weight excluding hydrogens is 318 g/mol. The normalized spacial score (nSPS) is 11.7. The highest BCUT2D eigenvalue weighted by atomic mass is 35.5. The molecule has 0 aliphatic rings. The molecule has 0 unspecified atom stereocenters.